The van der Waals surface area contributed by atoms with E-state index in [9.17, 15) is 9.59 Å². The number of amides is 1. The molecular weight excluding hydrogens is 420 g/mol. The lowest BCUT2D eigenvalue weighted by atomic mass is 10.2. The number of carbonyl (C=O) groups excluding carboxylic acids is 2. The highest BCUT2D eigenvalue weighted by Crippen LogP contribution is 2.24. The van der Waals surface area contributed by atoms with E-state index in [0.717, 1.165) is 5.82 Å². The number of ether oxygens (including phenoxy) is 2. The predicted octanol–water partition coefficient (Wildman–Crippen LogP) is 3.25. The SMILES string of the molecule is CC(=O)OCC#Cc1cc2nc(N3CCN(C(=O)OC(C)(C)C)CC3)cnc2cc1Cl. The highest BCUT2D eigenvalue weighted by molar-refractivity contribution is 6.32. The van der Waals surface area contributed by atoms with Crippen LogP contribution in [-0.2, 0) is 14.3 Å². The quantitative estimate of drug-likeness (QED) is 0.519. The van der Waals surface area contributed by atoms with Gasteiger partial charge >= 0.3 is 12.1 Å². The van der Waals surface area contributed by atoms with Crippen molar-refractivity contribution in [3.05, 3.63) is 28.9 Å². The number of halogens is 1. The Kier molecular flexibility index (Phi) is 6.86. The molecule has 0 unspecified atom stereocenters. The standard InChI is InChI=1S/C22H25ClN4O4/c1-15(28)30-11-5-6-16-12-19-18(13-17(16)23)24-14-20(25-19)26-7-9-27(10-8-26)21(29)31-22(2,3)4/h12-14H,7-11H2,1-4H3. The maximum absolute atomic E-state index is 12.3. The Balaban J connectivity index is 1.71. The second-order valence-corrected chi connectivity index (χ2v) is 8.49. The van der Waals surface area contributed by atoms with Crippen LogP contribution >= 0.6 is 11.6 Å². The van der Waals surface area contributed by atoms with Gasteiger partial charge in [-0.3, -0.25) is 9.78 Å². The Labute approximate surface area is 186 Å². The van der Waals surface area contributed by atoms with E-state index in [1.165, 1.54) is 6.92 Å². The molecule has 0 bridgehead atoms. The van der Waals surface area contributed by atoms with Crippen LogP contribution in [-0.4, -0.2) is 65.3 Å². The number of aromatic nitrogens is 2. The van der Waals surface area contributed by atoms with E-state index in [1.807, 2.05) is 20.8 Å². The summed E-state index contributed by atoms with van der Waals surface area (Å²) < 4.78 is 10.3. The van der Waals surface area contributed by atoms with Crippen molar-refractivity contribution < 1.29 is 19.1 Å². The van der Waals surface area contributed by atoms with Gasteiger partial charge in [-0.05, 0) is 32.9 Å². The van der Waals surface area contributed by atoms with Crippen LogP contribution in [0.4, 0.5) is 10.6 Å². The first kappa shape index (κ1) is 22.6. The van der Waals surface area contributed by atoms with Crippen LogP contribution in [0.1, 0.15) is 33.3 Å². The number of anilines is 1. The zero-order valence-electron chi connectivity index (χ0n) is 18.1. The molecule has 0 N–H and O–H groups in total. The number of benzene rings is 1. The van der Waals surface area contributed by atoms with Crippen LogP contribution in [0.25, 0.3) is 11.0 Å². The van der Waals surface area contributed by atoms with Gasteiger partial charge in [-0.15, -0.1) is 0 Å². The molecule has 1 aromatic carbocycles. The van der Waals surface area contributed by atoms with E-state index >= 15 is 0 Å². The van der Waals surface area contributed by atoms with E-state index < -0.39 is 5.60 Å². The topological polar surface area (TPSA) is 84.9 Å². The predicted molar refractivity (Wildman–Crippen MR) is 118 cm³/mol. The Hall–Kier alpha value is -3.05. The summed E-state index contributed by atoms with van der Waals surface area (Å²) >= 11 is 6.29. The molecule has 1 saturated heterocycles. The van der Waals surface area contributed by atoms with Gasteiger partial charge < -0.3 is 19.3 Å². The molecule has 2 aromatic rings. The lowest BCUT2D eigenvalue weighted by Crippen LogP contribution is -2.50. The Morgan fingerprint density at radius 1 is 1.16 bits per heavy atom. The second-order valence-electron chi connectivity index (χ2n) is 8.09. The summed E-state index contributed by atoms with van der Waals surface area (Å²) in [5.74, 6) is 5.99. The van der Waals surface area contributed by atoms with Crippen molar-refractivity contribution in [1.82, 2.24) is 14.9 Å². The minimum Gasteiger partial charge on any atom is -0.453 e. The Morgan fingerprint density at radius 3 is 2.52 bits per heavy atom. The lowest BCUT2D eigenvalue weighted by molar-refractivity contribution is -0.139. The van der Waals surface area contributed by atoms with Crippen LogP contribution < -0.4 is 4.90 Å². The first-order chi connectivity index (χ1) is 14.6. The van der Waals surface area contributed by atoms with Gasteiger partial charge in [0.1, 0.15) is 11.4 Å². The van der Waals surface area contributed by atoms with E-state index in [4.69, 9.17) is 26.1 Å². The second kappa shape index (κ2) is 9.40. The average Bonchev–Trinajstić information content (AvgIpc) is 2.70. The molecule has 1 aromatic heterocycles. The smallest absolute Gasteiger partial charge is 0.410 e. The normalized spacial score (nSPS) is 14.1. The molecule has 0 radical (unpaired) electrons. The minimum absolute atomic E-state index is 0.00264. The van der Waals surface area contributed by atoms with Gasteiger partial charge in [0.2, 0.25) is 0 Å². The third-order valence-electron chi connectivity index (χ3n) is 4.44. The van der Waals surface area contributed by atoms with Crippen molar-refractivity contribution in [2.75, 3.05) is 37.7 Å². The molecule has 3 rings (SSSR count). The fraction of sp³-hybridized carbons (Fsp3) is 0.455. The summed E-state index contributed by atoms with van der Waals surface area (Å²) in [7, 11) is 0. The fourth-order valence-corrected chi connectivity index (χ4v) is 3.19. The third kappa shape index (κ3) is 6.22. The number of hydrogen-bond acceptors (Lipinski definition) is 7. The number of carbonyl (C=O) groups is 2. The molecule has 31 heavy (non-hydrogen) atoms. The van der Waals surface area contributed by atoms with Crippen molar-refractivity contribution in [2.24, 2.45) is 0 Å². The monoisotopic (exact) mass is 444 g/mol. The molecule has 9 heteroatoms. The summed E-state index contributed by atoms with van der Waals surface area (Å²) in [6.07, 6.45) is 1.40. The van der Waals surface area contributed by atoms with Crippen molar-refractivity contribution in [2.45, 2.75) is 33.3 Å². The summed E-state index contributed by atoms with van der Waals surface area (Å²) in [4.78, 5) is 36.0. The van der Waals surface area contributed by atoms with Crippen LogP contribution in [0.15, 0.2) is 18.3 Å². The highest BCUT2D eigenvalue weighted by Gasteiger charge is 2.26. The summed E-state index contributed by atoms with van der Waals surface area (Å²) in [6.45, 7) is 9.23. The number of hydrogen-bond donors (Lipinski definition) is 0. The molecule has 164 valence electrons. The van der Waals surface area contributed by atoms with Gasteiger partial charge in [-0.25, -0.2) is 9.78 Å². The maximum atomic E-state index is 12.3. The van der Waals surface area contributed by atoms with Crippen molar-refractivity contribution in [1.29, 1.82) is 0 Å². The number of nitrogens with zero attached hydrogens (tertiary/aromatic N) is 4. The summed E-state index contributed by atoms with van der Waals surface area (Å²) in [6, 6.07) is 3.48. The van der Waals surface area contributed by atoms with Crippen LogP contribution in [0.3, 0.4) is 0 Å². The highest BCUT2D eigenvalue weighted by atomic mass is 35.5. The molecule has 8 nitrogen and oxygen atoms in total. The number of fused-ring (bicyclic) bond motifs is 1. The Bertz CT molecular complexity index is 1050. The third-order valence-corrected chi connectivity index (χ3v) is 4.76. The number of rotatable bonds is 2. The number of esters is 1. The first-order valence-corrected chi connectivity index (χ1v) is 10.3. The number of piperazine rings is 1. The van der Waals surface area contributed by atoms with Crippen molar-refractivity contribution in [3.63, 3.8) is 0 Å². The lowest BCUT2D eigenvalue weighted by Gasteiger charge is -2.36. The molecule has 0 atom stereocenters. The van der Waals surface area contributed by atoms with Crippen LogP contribution in [0.2, 0.25) is 5.02 Å². The van der Waals surface area contributed by atoms with Gasteiger partial charge in [0, 0.05) is 38.7 Å². The van der Waals surface area contributed by atoms with Gasteiger partial charge in [0.15, 0.2) is 6.61 Å². The van der Waals surface area contributed by atoms with Crippen molar-refractivity contribution in [3.8, 4) is 11.8 Å². The van der Waals surface area contributed by atoms with Crippen LogP contribution in [0.5, 0.6) is 0 Å². The summed E-state index contributed by atoms with van der Waals surface area (Å²) in [5.41, 5.74) is 1.39. The van der Waals surface area contributed by atoms with E-state index in [1.54, 1.807) is 23.2 Å². The molecule has 1 amide bonds. The molecule has 0 aliphatic carbocycles. The Morgan fingerprint density at radius 2 is 1.87 bits per heavy atom. The fourth-order valence-electron chi connectivity index (χ4n) is 2.99. The molecule has 0 spiro atoms. The zero-order chi connectivity index (χ0) is 22.6. The van der Waals surface area contributed by atoms with E-state index in [2.05, 4.69) is 21.7 Å². The molecular formula is C22H25ClN4O4. The van der Waals surface area contributed by atoms with Gasteiger partial charge in [-0.1, -0.05) is 23.4 Å². The van der Waals surface area contributed by atoms with E-state index in [-0.39, 0.29) is 18.7 Å². The zero-order valence-corrected chi connectivity index (χ0v) is 18.8. The van der Waals surface area contributed by atoms with Crippen molar-refractivity contribution >= 4 is 40.5 Å². The molecule has 1 aliphatic rings. The van der Waals surface area contributed by atoms with E-state index in [0.29, 0.717) is 47.8 Å². The largest absolute Gasteiger partial charge is 0.453 e. The van der Waals surface area contributed by atoms with Gasteiger partial charge in [-0.2, -0.15) is 0 Å². The maximum Gasteiger partial charge on any atom is 0.410 e. The molecule has 0 saturated carbocycles. The molecule has 1 fully saturated rings. The average molecular weight is 445 g/mol. The minimum atomic E-state index is -0.516. The van der Waals surface area contributed by atoms with Crippen LogP contribution in [0, 0.1) is 11.8 Å². The van der Waals surface area contributed by atoms with Gasteiger partial charge in [0.25, 0.3) is 0 Å². The molecule has 1 aliphatic heterocycles. The summed E-state index contributed by atoms with van der Waals surface area (Å²) in [5, 5.41) is 0.454. The first-order valence-electron chi connectivity index (χ1n) is 9.94. The van der Waals surface area contributed by atoms with Gasteiger partial charge in [0.05, 0.1) is 22.3 Å². The molecule has 2 heterocycles.